The predicted molar refractivity (Wildman–Crippen MR) is 195 cm³/mol. The highest BCUT2D eigenvalue weighted by molar-refractivity contribution is 5.69. The Kier molecular flexibility index (Phi) is 36.0. The molecule has 1 amide bonds. The lowest BCUT2D eigenvalue weighted by Gasteiger charge is -2.19. The molecule has 0 spiro atoms. The highest BCUT2D eigenvalue weighted by atomic mass is 16.6. The van der Waals surface area contributed by atoms with Crippen LogP contribution in [0.4, 0.5) is 4.79 Å². The third-order valence-electron chi connectivity index (χ3n) is 5.88. The highest BCUT2D eigenvalue weighted by Crippen LogP contribution is 2.08. The second kappa shape index (κ2) is 37.2. The molecule has 0 aromatic rings. The molecule has 0 bridgehead atoms. The van der Waals surface area contributed by atoms with E-state index in [2.05, 4.69) is 5.32 Å². The van der Waals surface area contributed by atoms with Crippen LogP contribution in [0, 0.1) is 0 Å². The first-order valence-electron chi connectivity index (χ1n) is 18.6. The van der Waals surface area contributed by atoms with Gasteiger partial charge in [-0.25, -0.2) is 4.79 Å². The van der Waals surface area contributed by atoms with Crippen molar-refractivity contribution in [3.05, 3.63) is 0 Å². The number of esters is 1. The maximum Gasteiger partial charge on any atom is 0.407 e. The summed E-state index contributed by atoms with van der Waals surface area (Å²) < 4.78 is 75.7. The number of amides is 1. The molecular weight excluding hydrogens is 702 g/mol. The largest absolute Gasteiger partial charge is 0.460 e. The minimum atomic E-state index is -0.516. The monoisotopic (exact) mass is 773 g/mol. The number of carbonyl (C=O) groups excluding carboxylic acids is 2. The van der Waals surface area contributed by atoms with Gasteiger partial charge in [0.2, 0.25) is 0 Å². The first-order valence-corrected chi connectivity index (χ1v) is 18.6. The Morgan fingerprint density at radius 2 is 0.566 bits per heavy atom. The molecule has 17 nitrogen and oxygen atoms in total. The maximum absolute atomic E-state index is 11.6. The van der Waals surface area contributed by atoms with Crippen molar-refractivity contribution in [1.29, 1.82) is 0 Å². The summed E-state index contributed by atoms with van der Waals surface area (Å²) >= 11 is 0. The molecule has 0 fully saturated rings. The summed E-state index contributed by atoms with van der Waals surface area (Å²) in [5.74, 6) is -0.269. The molecule has 1 N–H and O–H groups in total. The molecule has 0 aliphatic carbocycles. The van der Waals surface area contributed by atoms with Gasteiger partial charge in [-0.1, -0.05) is 0 Å². The van der Waals surface area contributed by atoms with Crippen LogP contribution in [0.15, 0.2) is 0 Å². The van der Waals surface area contributed by atoms with E-state index in [0.717, 1.165) is 0 Å². The number of ether oxygens (including phenoxy) is 14. The zero-order chi connectivity index (χ0) is 39.1. The number of nitrogens with one attached hydrogen (secondary N) is 1. The number of carbonyl (C=O) groups is 2. The standard InChI is InChI=1S/C36H71NO16/c1-35(2,3)52-33(38)7-9-40-11-13-42-15-17-44-19-21-46-23-25-48-27-29-50-31-32-51-30-28-49-26-24-47-22-20-45-18-16-43-14-12-41-10-8-37-34(39)53-36(4,5)6/h7-32H2,1-6H3,(H,37,39). The van der Waals surface area contributed by atoms with Gasteiger partial charge < -0.3 is 71.6 Å². The van der Waals surface area contributed by atoms with Crippen LogP contribution >= 0.6 is 0 Å². The van der Waals surface area contributed by atoms with Crippen molar-refractivity contribution in [3.63, 3.8) is 0 Å². The van der Waals surface area contributed by atoms with Crippen LogP contribution in [0.3, 0.4) is 0 Å². The summed E-state index contributed by atoms with van der Waals surface area (Å²) in [4.78, 5) is 23.1. The van der Waals surface area contributed by atoms with Gasteiger partial charge in [0, 0.05) is 6.54 Å². The van der Waals surface area contributed by atoms with Crippen molar-refractivity contribution in [2.75, 3.05) is 165 Å². The van der Waals surface area contributed by atoms with Crippen LogP contribution in [0.25, 0.3) is 0 Å². The van der Waals surface area contributed by atoms with Crippen molar-refractivity contribution < 1.29 is 75.9 Å². The molecule has 17 heteroatoms. The molecule has 53 heavy (non-hydrogen) atoms. The Morgan fingerprint density at radius 3 is 0.811 bits per heavy atom. The second-order valence-electron chi connectivity index (χ2n) is 13.1. The first-order chi connectivity index (χ1) is 25.5. The summed E-state index contributed by atoms with van der Waals surface area (Å²) in [5.41, 5.74) is -0.995. The lowest BCUT2D eigenvalue weighted by Crippen LogP contribution is -2.34. The van der Waals surface area contributed by atoms with Crippen molar-refractivity contribution in [1.82, 2.24) is 5.32 Å². The van der Waals surface area contributed by atoms with Crippen LogP contribution < -0.4 is 5.32 Å². The summed E-state index contributed by atoms with van der Waals surface area (Å²) in [6.07, 6.45) is -0.229. The number of hydrogen-bond donors (Lipinski definition) is 1. The number of rotatable bonds is 39. The van der Waals surface area contributed by atoms with Crippen LogP contribution in [-0.2, 0) is 71.1 Å². The summed E-state index contributed by atoms with van der Waals surface area (Å²) in [6, 6.07) is 0. The second-order valence-corrected chi connectivity index (χ2v) is 13.1. The molecule has 0 rings (SSSR count). The molecule has 0 unspecified atom stereocenters. The molecule has 316 valence electrons. The maximum atomic E-state index is 11.6. The Balaban J connectivity index is 3.13. The molecule has 0 aromatic carbocycles. The fourth-order valence-corrected chi connectivity index (χ4v) is 3.61. The summed E-state index contributed by atoms with van der Waals surface area (Å²) in [7, 11) is 0. The van der Waals surface area contributed by atoms with E-state index in [1.54, 1.807) is 0 Å². The average Bonchev–Trinajstić information content (AvgIpc) is 3.07. The van der Waals surface area contributed by atoms with Gasteiger partial charge in [-0.15, -0.1) is 0 Å². The van der Waals surface area contributed by atoms with Crippen LogP contribution in [0.2, 0.25) is 0 Å². The Morgan fingerprint density at radius 1 is 0.340 bits per heavy atom. The van der Waals surface area contributed by atoms with E-state index < -0.39 is 17.3 Å². The molecular formula is C36H71NO16. The molecule has 0 radical (unpaired) electrons. The van der Waals surface area contributed by atoms with E-state index in [1.807, 2.05) is 41.5 Å². The highest BCUT2D eigenvalue weighted by Gasteiger charge is 2.16. The minimum Gasteiger partial charge on any atom is -0.460 e. The average molecular weight is 774 g/mol. The van der Waals surface area contributed by atoms with Gasteiger partial charge in [0.15, 0.2) is 0 Å². The summed E-state index contributed by atoms with van der Waals surface area (Å²) in [5, 5.41) is 2.63. The third-order valence-corrected chi connectivity index (χ3v) is 5.88. The molecule has 0 heterocycles. The van der Waals surface area contributed by atoms with E-state index in [9.17, 15) is 9.59 Å². The van der Waals surface area contributed by atoms with E-state index in [0.29, 0.717) is 165 Å². The lowest BCUT2D eigenvalue weighted by atomic mass is 10.2. The first kappa shape index (κ1) is 51.3. The molecule has 0 aliphatic heterocycles. The summed E-state index contributed by atoms with van der Waals surface area (Å²) in [6.45, 7) is 22.4. The lowest BCUT2D eigenvalue weighted by molar-refractivity contribution is -0.156. The number of alkyl carbamates (subject to hydrolysis) is 1. The van der Waals surface area contributed by atoms with Gasteiger partial charge in [0.05, 0.1) is 165 Å². The van der Waals surface area contributed by atoms with E-state index >= 15 is 0 Å². The van der Waals surface area contributed by atoms with Crippen molar-refractivity contribution in [3.8, 4) is 0 Å². The Hall–Kier alpha value is -1.74. The topological polar surface area (TPSA) is 175 Å². The van der Waals surface area contributed by atoms with Crippen LogP contribution in [0.1, 0.15) is 48.0 Å². The van der Waals surface area contributed by atoms with Gasteiger partial charge in [-0.3, -0.25) is 4.79 Å². The van der Waals surface area contributed by atoms with E-state index in [1.165, 1.54) is 0 Å². The fourth-order valence-electron chi connectivity index (χ4n) is 3.61. The van der Waals surface area contributed by atoms with Crippen molar-refractivity contribution in [2.24, 2.45) is 0 Å². The molecule has 0 saturated carbocycles. The SMILES string of the molecule is CC(C)(C)OC(=O)CCOCCOCCOCCOCCOCCOCCOCCOCCOCCOCCOCCOCCNC(=O)OC(C)(C)C. The fraction of sp³-hybridized carbons (Fsp3) is 0.944. The van der Waals surface area contributed by atoms with Gasteiger partial charge in [-0.05, 0) is 41.5 Å². The van der Waals surface area contributed by atoms with E-state index in [-0.39, 0.29) is 12.4 Å². The van der Waals surface area contributed by atoms with Crippen molar-refractivity contribution >= 4 is 12.1 Å². The van der Waals surface area contributed by atoms with Crippen molar-refractivity contribution in [2.45, 2.75) is 59.2 Å². The zero-order valence-corrected chi connectivity index (χ0v) is 33.4. The zero-order valence-electron chi connectivity index (χ0n) is 33.4. The number of hydrogen-bond acceptors (Lipinski definition) is 16. The van der Waals surface area contributed by atoms with Gasteiger partial charge in [0.1, 0.15) is 11.2 Å². The Bertz CT molecular complexity index is 745. The smallest absolute Gasteiger partial charge is 0.407 e. The predicted octanol–water partition coefficient (Wildman–Crippen LogP) is 2.44. The third kappa shape index (κ3) is 46.3. The van der Waals surface area contributed by atoms with E-state index in [4.69, 9.17) is 66.3 Å². The Labute approximate surface area is 317 Å². The molecule has 0 aromatic heterocycles. The van der Waals surface area contributed by atoms with Gasteiger partial charge in [0.25, 0.3) is 0 Å². The molecule has 0 saturated heterocycles. The van der Waals surface area contributed by atoms with Gasteiger partial charge >= 0.3 is 12.1 Å². The van der Waals surface area contributed by atoms with Crippen LogP contribution in [-0.4, -0.2) is 188 Å². The normalized spacial score (nSPS) is 12.0. The van der Waals surface area contributed by atoms with Crippen LogP contribution in [0.5, 0.6) is 0 Å². The molecule has 0 aliphatic rings. The minimum absolute atomic E-state index is 0.227. The van der Waals surface area contributed by atoms with Gasteiger partial charge in [-0.2, -0.15) is 0 Å². The quantitative estimate of drug-likeness (QED) is 0.0712. The molecule has 0 atom stereocenters.